The smallest absolute Gasteiger partial charge is 0.300 e. The molecule has 2 fully saturated rings. The number of amides is 1. The Balaban J connectivity index is 1.63. The third-order valence-electron chi connectivity index (χ3n) is 6.66. The molecule has 5 rings (SSSR count). The summed E-state index contributed by atoms with van der Waals surface area (Å²) in [6.45, 7) is 3.86. The Kier molecular flexibility index (Phi) is 6.19. The second-order valence-corrected chi connectivity index (χ2v) is 9.75. The maximum atomic E-state index is 13.7. The maximum Gasteiger partial charge on any atom is 0.300 e. The van der Waals surface area contributed by atoms with Crippen LogP contribution in [0.15, 0.2) is 76.8 Å². The van der Waals surface area contributed by atoms with Crippen LogP contribution in [0.3, 0.4) is 0 Å². The normalized spacial score (nSPS) is 19.6. The Morgan fingerprint density at radius 1 is 0.943 bits per heavy atom. The van der Waals surface area contributed by atoms with Gasteiger partial charge in [0, 0.05) is 34.5 Å². The SMILES string of the molecule is Cc1cc(/C(O)=C2/C(=O)C(=O)N(c3ccc(N4CCCC4)cc3)C2c2ccc(F)cc2)ccc1Br. The van der Waals surface area contributed by atoms with Crippen molar-refractivity contribution in [2.24, 2.45) is 0 Å². The number of hydrogen-bond acceptors (Lipinski definition) is 4. The van der Waals surface area contributed by atoms with Gasteiger partial charge in [0.25, 0.3) is 11.7 Å². The van der Waals surface area contributed by atoms with Crippen molar-refractivity contribution >= 4 is 44.8 Å². The van der Waals surface area contributed by atoms with Crippen LogP contribution in [-0.2, 0) is 9.59 Å². The van der Waals surface area contributed by atoms with Crippen LogP contribution >= 0.6 is 15.9 Å². The minimum absolute atomic E-state index is 0.0213. The molecular weight excluding hydrogens is 511 g/mol. The van der Waals surface area contributed by atoms with Gasteiger partial charge < -0.3 is 10.0 Å². The van der Waals surface area contributed by atoms with Gasteiger partial charge in [-0.1, -0.05) is 34.1 Å². The second-order valence-electron chi connectivity index (χ2n) is 8.90. The van der Waals surface area contributed by atoms with E-state index in [2.05, 4.69) is 20.8 Å². The van der Waals surface area contributed by atoms with Gasteiger partial charge in [-0.3, -0.25) is 14.5 Å². The number of Topliss-reactive ketones (excluding diaryl/α,β-unsaturated/α-hetero) is 1. The van der Waals surface area contributed by atoms with Crippen LogP contribution in [0.25, 0.3) is 5.76 Å². The minimum Gasteiger partial charge on any atom is -0.507 e. The lowest BCUT2D eigenvalue weighted by Gasteiger charge is -2.26. The summed E-state index contributed by atoms with van der Waals surface area (Å²) in [5.74, 6) is -2.20. The van der Waals surface area contributed by atoms with E-state index >= 15 is 0 Å². The number of hydrogen-bond donors (Lipinski definition) is 1. The van der Waals surface area contributed by atoms with Crippen LogP contribution in [0.4, 0.5) is 15.8 Å². The van der Waals surface area contributed by atoms with Crippen LogP contribution in [-0.4, -0.2) is 29.9 Å². The van der Waals surface area contributed by atoms with Crippen molar-refractivity contribution in [1.82, 2.24) is 0 Å². The number of carbonyl (C=O) groups excluding carboxylic acids is 2. The first kappa shape index (κ1) is 23.3. The highest BCUT2D eigenvalue weighted by atomic mass is 79.9. The van der Waals surface area contributed by atoms with Gasteiger partial charge in [-0.25, -0.2) is 4.39 Å². The Bertz CT molecular complexity index is 1330. The number of anilines is 2. The van der Waals surface area contributed by atoms with E-state index in [0.717, 1.165) is 41.7 Å². The molecule has 0 spiro atoms. The van der Waals surface area contributed by atoms with Gasteiger partial charge >= 0.3 is 0 Å². The van der Waals surface area contributed by atoms with Crippen molar-refractivity contribution in [3.05, 3.63) is 99.3 Å². The maximum absolute atomic E-state index is 13.7. The summed E-state index contributed by atoms with van der Waals surface area (Å²) in [5, 5.41) is 11.2. The predicted octanol–water partition coefficient (Wildman–Crippen LogP) is 6.12. The molecule has 1 atom stereocenters. The van der Waals surface area contributed by atoms with E-state index in [1.807, 2.05) is 31.2 Å². The lowest BCUT2D eigenvalue weighted by Crippen LogP contribution is -2.29. The highest BCUT2D eigenvalue weighted by Gasteiger charge is 2.47. The van der Waals surface area contributed by atoms with Crippen molar-refractivity contribution in [2.45, 2.75) is 25.8 Å². The number of aliphatic hydroxyl groups excluding tert-OH is 1. The molecular formula is C28H24BrFN2O3. The fourth-order valence-electron chi connectivity index (χ4n) is 4.81. The van der Waals surface area contributed by atoms with Gasteiger partial charge in [-0.05, 0) is 79.4 Å². The number of benzene rings is 3. The molecule has 3 aromatic rings. The molecule has 2 aliphatic rings. The Morgan fingerprint density at radius 2 is 1.57 bits per heavy atom. The number of ketones is 1. The zero-order chi connectivity index (χ0) is 24.7. The summed E-state index contributed by atoms with van der Waals surface area (Å²) in [6, 6.07) is 17.5. The quantitative estimate of drug-likeness (QED) is 0.248. The Hall–Kier alpha value is -3.45. The molecule has 3 aromatic carbocycles. The van der Waals surface area contributed by atoms with Gasteiger partial charge in [0.15, 0.2) is 0 Å². The van der Waals surface area contributed by atoms with E-state index < -0.39 is 23.5 Å². The lowest BCUT2D eigenvalue weighted by atomic mass is 9.94. The average molecular weight is 535 g/mol. The van der Waals surface area contributed by atoms with E-state index in [-0.39, 0.29) is 11.3 Å². The molecule has 2 saturated heterocycles. The minimum atomic E-state index is -0.891. The van der Waals surface area contributed by atoms with Crippen LogP contribution in [0.5, 0.6) is 0 Å². The Labute approximate surface area is 211 Å². The topological polar surface area (TPSA) is 60.9 Å². The fourth-order valence-corrected chi connectivity index (χ4v) is 5.05. The molecule has 0 aromatic heterocycles. The molecule has 0 bridgehead atoms. The summed E-state index contributed by atoms with van der Waals surface area (Å²) >= 11 is 3.44. The molecule has 1 amide bonds. The molecule has 0 aliphatic carbocycles. The van der Waals surface area contributed by atoms with Crippen LogP contribution in [0.1, 0.15) is 35.6 Å². The van der Waals surface area contributed by atoms with E-state index in [0.29, 0.717) is 16.8 Å². The highest BCUT2D eigenvalue weighted by molar-refractivity contribution is 9.10. The van der Waals surface area contributed by atoms with Gasteiger partial charge in [-0.15, -0.1) is 0 Å². The van der Waals surface area contributed by atoms with Gasteiger partial charge in [0.2, 0.25) is 0 Å². The van der Waals surface area contributed by atoms with Crippen molar-refractivity contribution in [2.75, 3.05) is 22.9 Å². The van der Waals surface area contributed by atoms with Gasteiger partial charge in [0.1, 0.15) is 11.6 Å². The zero-order valence-corrected chi connectivity index (χ0v) is 20.8. The van der Waals surface area contributed by atoms with E-state index in [9.17, 15) is 19.1 Å². The summed E-state index contributed by atoms with van der Waals surface area (Å²) < 4.78 is 14.6. The molecule has 0 saturated carbocycles. The van der Waals surface area contributed by atoms with Crippen LogP contribution in [0.2, 0.25) is 0 Å². The molecule has 2 heterocycles. The summed E-state index contributed by atoms with van der Waals surface area (Å²) in [5.41, 5.74) is 3.41. The third kappa shape index (κ3) is 4.25. The number of aliphatic hydroxyl groups is 1. The second kappa shape index (κ2) is 9.30. The highest BCUT2D eigenvalue weighted by Crippen LogP contribution is 2.42. The number of aryl methyl sites for hydroxylation is 1. The van der Waals surface area contributed by atoms with Crippen LogP contribution in [0, 0.1) is 12.7 Å². The van der Waals surface area contributed by atoms with E-state index in [4.69, 9.17) is 0 Å². The standard InChI is InChI=1S/C28H24BrFN2O3/c1-17-16-19(6-13-23(17)29)26(33)24-25(18-4-7-20(30)8-5-18)32(28(35)27(24)34)22-11-9-21(10-12-22)31-14-2-3-15-31/h4-13,16,25,33H,2-3,14-15H2,1H3/b26-24-. The number of carbonyl (C=O) groups is 2. The first-order valence-corrected chi connectivity index (χ1v) is 12.3. The first-order valence-electron chi connectivity index (χ1n) is 11.5. The molecule has 5 nitrogen and oxygen atoms in total. The molecule has 1 N–H and O–H groups in total. The first-order chi connectivity index (χ1) is 16.8. The predicted molar refractivity (Wildman–Crippen MR) is 138 cm³/mol. The average Bonchev–Trinajstić information content (AvgIpc) is 3.48. The fraction of sp³-hybridized carbons (Fsp3) is 0.214. The number of halogens is 2. The molecule has 2 aliphatic heterocycles. The van der Waals surface area contributed by atoms with Crippen molar-refractivity contribution in [1.29, 1.82) is 0 Å². The van der Waals surface area contributed by atoms with Gasteiger partial charge in [-0.2, -0.15) is 0 Å². The monoisotopic (exact) mass is 534 g/mol. The largest absolute Gasteiger partial charge is 0.507 e. The molecule has 0 radical (unpaired) electrons. The van der Waals surface area contributed by atoms with Crippen LogP contribution < -0.4 is 9.80 Å². The molecule has 1 unspecified atom stereocenters. The van der Waals surface area contributed by atoms with Crippen molar-refractivity contribution in [3.8, 4) is 0 Å². The number of nitrogens with zero attached hydrogens (tertiary/aromatic N) is 2. The number of rotatable bonds is 4. The zero-order valence-electron chi connectivity index (χ0n) is 19.2. The van der Waals surface area contributed by atoms with Crippen molar-refractivity contribution in [3.63, 3.8) is 0 Å². The lowest BCUT2D eigenvalue weighted by molar-refractivity contribution is -0.132. The molecule has 7 heteroatoms. The summed E-state index contributed by atoms with van der Waals surface area (Å²) in [7, 11) is 0. The molecule has 178 valence electrons. The Morgan fingerprint density at radius 3 is 2.20 bits per heavy atom. The van der Waals surface area contributed by atoms with Gasteiger partial charge in [0.05, 0.1) is 11.6 Å². The van der Waals surface area contributed by atoms with Crippen molar-refractivity contribution < 1.29 is 19.1 Å². The molecule has 35 heavy (non-hydrogen) atoms. The van der Waals surface area contributed by atoms with E-state index in [1.165, 1.54) is 29.2 Å². The van der Waals surface area contributed by atoms with E-state index in [1.54, 1.807) is 18.2 Å². The third-order valence-corrected chi connectivity index (χ3v) is 7.55. The summed E-state index contributed by atoms with van der Waals surface area (Å²) in [4.78, 5) is 30.3. The summed E-state index contributed by atoms with van der Waals surface area (Å²) in [6.07, 6.45) is 2.30.